The normalized spacial score (nSPS) is 18.0. The number of aryl methyl sites for hydroxylation is 1. The number of piperazine rings is 1. The second kappa shape index (κ2) is 18.1. The maximum absolute atomic E-state index is 12.2. The fraction of sp³-hybridized carbons (Fsp3) is 0.571. The van der Waals surface area contributed by atoms with Crippen molar-refractivity contribution in [1.82, 2.24) is 19.8 Å². The number of nitrogens with one attached hydrogen (secondary N) is 1. The van der Waals surface area contributed by atoms with Crippen LogP contribution in [0.15, 0.2) is 35.3 Å². The van der Waals surface area contributed by atoms with Crippen LogP contribution in [-0.4, -0.2) is 94.6 Å². The molecule has 1 aromatic heterocycles. The molecule has 0 bridgehead atoms. The first kappa shape index (κ1) is 32.8. The zero-order valence-corrected chi connectivity index (χ0v) is 23.5. The van der Waals surface area contributed by atoms with Gasteiger partial charge in [0.25, 0.3) is 12.0 Å². The lowest BCUT2D eigenvalue weighted by molar-refractivity contribution is -0.122. The number of phenolic OH excluding ortho intramolecular Hbond substituents is 1. The van der Waals surface area contributed by atoms with Gasteiger partial charge in [0.15, 0.2) is 12.1 Å². The third-order valence-corrected chi connectivity index (χ3v) is 6.55. The van der Waals surface area contributed by atoms with Gasteiger partial charge in [0, 0.05) is 31.7 Å². The number of anilines is 1. The van der Waals surface area contributed by atoms with Crippen molar-refractivity contribution in [3.63, 3.8) is 0 Å². The molecule has 2 aliphatic rings. The third-order valence-electron chi connectivity index (χ3n) is 6.55. The van der Waals surface area contributed by atoms with Crippen LogP contribution in [0.5, 0.6) is 5.75 Å². The van der Waals surface area contributed by atoms with Crippen LogP contribution in [0.25, 0.3) is 0 Å². The van der Waals surface area contributed by atoms with Gasteiger partial charge in [0.05, 0.1) is 6.20 Å². The van der Waals surface area contributed by atoms with Crippen LogP contribution in [0.4, 0.5) is 5.82 Å². The molecule has 1 unspecified atom stereocenters. The molecule has 0 radical (unpaired) electrons. The Kier molecular flexibility index (Phi) is 15.6. The summed E-state index contributed by atoms with van der Waals surface area (Å²) in [5, 5.41) is 15.6. The average molecular weight is 532 g/mol. The van der Waals surface area contributed by atoms with Crippen molar-refractivity contribution in [1.29, 1.82) is 0 Å². The van der Waals surface area contributed by atoms with Gasteiger partial charge in [0.2, 0.25) is 0 Å². The zero-order valence-electron chi connectivity index (χ0n) is 23.5. The number of piperidine rings is 1. The Hall–Kier alpha value is -3.24. The molecule has 1 atom stereocenters. The number of benzene rings is 1. The molecule has 212 valence electrons. The van der Waals surface area contributed by atoms with Gasteiger partial charge in [-0.2, -0.15) is 0 Å². The molecule has 10 heteroatoms. The number of nitrogens with zero attached hydrogens (tertiary/aromatic N) is 4. The first-order valence-corrected chi connectivity index (χ1v) is 13.4. The summed E-state index contributed by atoms with van der Waals surface area (Å²) in [6.07, 6.45) is 6.79. The van der Waals surface area contributed by atoms with E-state index in [4.69, 9.17) is 15.0 Å². The number of aromatic amines is 1. The number of rotatable bonds is 5. The Morgan fingerprint density at radius 2 is 1.68 bits per heavy atom. The summed E-state index contributed by atoms with van der Waals surface area (Å²) in [7, 11) is 2.19. The van der Waals surface area contributed by atoms with Crippen molar-refractivity contribution in [3.8, 4) is 5.75 Å². The molecule has 0 amide bonds. The predicted molar refractivity (Wildman–Crippen MR) is 151 cm³/mol. The van der Waals surface area contributed by atoms with E-state index in [1.165, 1.54) is 24.6 Å². The lowest BCUT2D eigenvalue weighted by Crippen LogP contribution is -2.59. The number of aldehydes is 1. The second-order valence-corrected chi connectivity index (χ2v) is 9.21. The van der Waals surface area contributed by atoms with Gasteiger partial charge < -0.3 is 25.0 Å². The van der Waals surface area contributed by atoms with Crippen molar-refractivity contribution in [2.45, 2.75) is 65.5 Å². The number of H-pyrrole nitrogens is 1. The van der Waals surface area contributed by atoms with Crippen molar-refractivity contribution in [2.24, 2.45) is 0 Å². The predicted octanol–water partition coefficient (Wildman–Crippen LogP) is 3.39. The summed E-state index contributed by atoms with van der Waals surface area (Å²) in [5.41, 5.74) is 1.12. The van der Waals surface area contributed by atoms with Crippen LogP contribution in [0, 0.1) is 6.92 Å². The fourth-order valence-electron chi connectivity index (χ4n) is 4.70. The highest BCUT2D eigenvalue weighted by molar-refractivity contribution is 5.71. The Morgan fingerprint density at radius 3 is 2.18 bits per heavy atom. The molecule has 3 heterocycles. The topological polar surface area (TPSA) is 130 Å². The number of aromatic nitrogens is 2. The van der Waals surface area contributed by atoms with E-state index in [1.54, 1.807) is 12.1 Å². The van der Waals surface area contributed by atoms with Gasteiger partial charge in [0.1, 0.15) is 11.4 Å². The summed E-state index contributed by atoms with van der Waals surface area (Å²) in [5.74, 6) is 0.769. The molecule has 0 aliphatic carbocycles. The SMILES string of the molecule is CC.CCCC1CN(c2ncc(C=O)[nH]c2=O)CCN1C1CCN(C)CC1.Cc1ccc(O)cc1.O=CO. The van der Waals surface area contributed by atoms with Crippen molar-refractivity contribution < 1.29 is 19.8 Å². The summed E-state index contributed by atoms with van der Waals surface area (Å²) in [6, 6.07) is 8.20. The molecule has 3 N–H and O–H groups in total. The fourth-order valence-corrected chi connectivity index (χ4v) is 4.70. The number of likely N-dealkylation sites (tertiary alicyclic amines) is 1. The van der Waals surface area contributed by atoms with Crippen molar-refractivity contribution in [3.05, 3.63) is 52.1 Å². The van der Waals surface area contributed by atoms with E-state index in [0.717, 1.165) is 45.6 Å². The number of aromatic hydroxyl groups is 1. The molecule has 1 aromatic carbocycles. The van der Waals surface area contributed by atoms with E-state index in [9.17, 15) is 9.59 Å². The molecule has 0 saturated carbocycles. The van der Waals surface area contributed by atoms with Gasteiger partial charge in [-0.3, -0.25) is 19.3 Å². The van der Waals surface area contributed by atoms with E-state index in [-0.39, 0.29) is 17.7 Å². The van der Waals surface area contributed by atoms with Gasteiger partial charge in [-0.25, -0.2) is 4.98 Å². The highest BCUT2D eigenvalue weighted by atomic mass is 16.3. The first-order valence-electron chi connectivity index (χ1n) is 13.4. The smallest absolute Gasteiger partial charge is 0.291 e. The minimum absolute atomic E-state index is 0.226. The summed E-state index contributed by atoms with van der Waals surface area (Å²) >= 11 is 0. The quantitative estimate of drug-likeness (QED) is 0.497. The van der Waals surface area contributed by atoms with Crippen LogP contribution >= 0.6 is 0 Å². The van der Waals surface area contributed by atoms with Crippen molar-refractivity contribution >= 4 is 18.6 Å². The summed E-state index contributed by atoms with van der Waals surface area (Å²) in [6.45, 7) is 12.9. The third kappa shape index (κ3) is 10.6. The number of hydrogen-bond acceptors (Lipinski definition) is 8. The largest absolute Gasteiger partial charge is 0.508 e. The summed E-state index contributed by atoms with van der Waals surface area (Å²) in [4.78, 5) is 45.4. The highest BCUT2D eigenvalue weighted by Crippen LogP contribution is 2.24. The van der Waals surface area contributed by atoms with E-state index < -0.39 is 0 Å². The number of carbonyl (C=O) groups is 2. The van der Waals surface area contributed by atoms with Crippen LogP contribution in [0.3, 0.4) is 0 Å². The Bertz CT molecular complexity index is 969. The van der Waals surface area contributed by atoms with E-state index in [0.29, 0.717) is 29.9 Å². The molecule has 0 spiro atoms. The molecule has 2 fully saturated rings. The monoisotopic (exact) mass is 531 g/mol. The number of phenols is 1. The molecule has 4 rings (SSSR count). The van der Waals surface area contributed by atoms with Crippen LogP contribution in [-0.2, 0) is 4.79 Å². The van der Waals surface area contributed by atoms with E-state index in [1.807, 2.05) is 32.9 Å². The molecular weight excluding hydrogens is 486 g/mol. The number of carboxylic acid groups (broad SMARTS) is 1. The maximum Gasteiger partial charge on any atom is 0.291 e. The molecule has 10 nitrogen and oxygen atoms in total. The minimum atomic E-state index is -0.271. The first-order chi connectivity index (χ1) is 18.3. The van der Waals surface area contributed by atoms with Gasteiger partial charge in [-0.05, 0) is 58.5 Å². The summed E-state index contributed by atoms with van der Waals surface area (Å²) < 4.78 is 0. The van der Waals surface area contributed by atoms with Crippen molar-refractivity contribution in [2.75, 3.05) is 44.7 Å². The average Bonchev–Trinajstić information content (AvgIpc) is 2.93. The molecule has 38 heavy (non-hydrogen) atoms. The van der Waals surface area contributed by atoms with Crippen LogP contribution < -0.4 is 10.5 Å². The highest BCUT2D eigenvalue weighted by Gasteiger charge is 2.33. The molecular formula is C28H45N5O5. The van der Waals surface area contributed by atoms with Gasteiger partial charge in [-0.1, -0.05) is 44.9 Å². The van der Waals surface area contributed by atoms with Gasteiger partial charge >= 0.3 is 0 Å². The second-order valence-electron chi connectivity index (χ2n) is 9.21. The standard InChI is InChI=1S/C18H29N5O2.C7H8O.C2H6.CH2O2/c1-3-4-16-12-22(17-18(25)20-14(13-24)11-19-17)9-10-23(16)15-5-7-21(2)8-6-15;1-6-2-4-7(8)5-3-6;1-2;2-1-3/h11,13,15-16H,3-10,12H2,1-2H3,(H,20,25);2-5,8H,1H3;1-2H3;1H,(H,2,3). The Balaban J connectivity index is 0.000000461. The van der Waals surface area contributed by atoms with Gasteiger partial charge in [-0.15, -0.1) is 0 Å². The Morgan fingerprint density at radius 1 is 1.08 bits per heavy atom. The molecule has 2 saturated heterocycles. The number of carbonyl (C=O) groups excluding carboxylic acids is 1. The lowest BCUT2D eigenvalue weighted by atomic mass is 9.97. The maximum atomic E-state index is 12.2. The number of hydrogen-bond donors (Lipinski definition) is 3. The van der Waals surface area contributed by atoms with E-state index in [2.05, 4.69) is 38.6 Å². The zero-order chi connectivity index (χ0) is 28.5. The Labute approximate surface area is 226 Å². The van der Waals surface area contributed by atoms with Crippen LogP contribution in [0.2, 0.25) is 0 Å². The van der Waals surface area contributed by atoms with E-state index >= 15 is 0 Å². The molecule has 2 aromatic rings. The van der Waals surface area contributed by atoms with Crippen LogP contribution in [0.1, 0.15) is 62.5 Å². The molecule has 2 aliphatic heterocycles. The lowest BCUT2D eigenvalue weighted by Gasteiger charge is -2.47. The minimum Gasteiger partial charge on any atom is -0.508 e.